The Morgan fingerprint density at radius 1 is 1.18 bits per heavy atom. The summed E-state index contributed by atoms with van der Waals surface area (Å²) in [4.78, 5) is 21.2. The fourth-order valence-electron chi connectivity index (χ4n) is 4.33. The number of pyridine rings is 2. The van der Waals surface area contributed by atoms with Gasteiger partial charge >= 0.3 is 6.18 Å². The lowest BCUT2D eigenvalue weighted by molar-refractivity contribution is -0.200. The van der Waals surface area contributed by atoms with E-state index in [1.807, 2.05) is 0 Å². The maximum absolute atomic E-state index is 14.8. The number of rotatable bonds is 10. The van der Waals surface area contributed by atoms with Crippen molar-refractivity contribution in [1.82, 2.24) is 15.3 Å². The van der Waals surface area contributed by atoms with Crippen LogP contribution in [0.4, 0.5) is 13.2 Å². The Kier molecular flexibility index (Phi) is 8.19. The van der Waals surface area contributed by atoms with Gasteiger partial charge in [-0.3, -0.25) is 9.78 Å². The Morgan fingerprint density at radius 3 is 2.52 bits per heavy atom. The van der Waals surface area contributed by atoms with Gasteiger partial charge in [0, 0.05) is 35.6 Å². The molecule has 4 rings (SSSR count). The number of methoxy groups -OCH3 is 1. The zero-order valence-electron chi connectivity index (χ0n) is 21.8. The fourth-order valence-corrected chi connectivity index (χ4v) is 4.33. The maximum atomic E-state index is 14.8. The number of nitrogens with zero attached hydrogens (tertiary/aromatic N) is 2. The lowest BCUT2D eigenvalue weighted by Crippen LogP contribution is -2.54. The second kappa shape index (κ2) is 11.3. The topological polar surface area (TPSA) is 149 Å². The Morgan fingerprint density at radius 2 is 1.90 bits per heavy atom. The maximum Gasteiger partial charge on any atom is 0.403 e. The van der Waals surface area contributed by atoms with Crippen LogP contribution < -0.4 is 25.3 Å². The Bertz CT molecular complexity index is 1370. The monoisotopic (exact) mass is 562 g/mol. The molecule has 1 amide bonds. The van der Waals surface area contributed by atoms with Crippen molar-refractivity contribution in [2.75, 3.05) is 40.1 Å². The zero-order chi connectivity index (χ0) is 29.1. The Balaban J connectivity index is 1.74. The normalized spacial score (nSPS) is 17.9. The molecule has 2 aromatic heterocycles. The number of ether oxygens (including phenoxy) is 3. The van der Waals surface area contributed by atoms with Crippen LogP contribution in [0.1, 0.15) is 28.5 Å². The molecule has 0 saturated heterocycles. The number of alkyl halides is 3. The van der Waals surface area contributed by atoms with Gasteiger partial charge in [0.1, 0.15) is 24.3 Å². The lowest BCUT2D eigenvalue weighted by atomic mass is 9.81. The molecule has 2 atom stereocenters. The highest BCUT2D eigenvalue weighted by atomic mass is 19.4. The molecular weight excluding hydrogens is 533 g/mol. The molecule has 5 N–H and O–H groups in total. The van der Waals surface area contributed by atoms with E-state index >= 15 is 0 Å². The SMILES string of the molecule is COc1cc(C(=O)NCC(CO)(c2cc3c(c(-c4ccncc4)n2)OCC3(C)N)C(F)(F)F)ccc1OCCO. The number of nitrogens with one attached hydrogen (secondary N) is 1. The first kappa shape index (κ1) is 29.1. The van der Waals surface area contributed by atoms with Crippen molar-refractivity contribution < 1.29 is 42.4 Å². The van der Waals surface area contributed by atoms with E-state index in [0.29, 0.717) is 11.1 Å². The van der Waals surface area contributed by atoms with Gasteiger partial charge in [0.2, 0.25) is 0 Å². The molecule has 214 valence electrons. The Hall–Kier alpha value is -3.94. The van der Waals surface area contributed by atoms with E-state index in [4.69, 9.17) is 25.1 Å². The third-order valence-electron chi connectivity index (χ3n) is 6.69. The van der Waals surface area contributed by atoms with Crippen LogP contribution in [0.3, 0.4) is 0 Å². The second-order valence-electron chi connectivity index (χ2n) is 9.53. The van der Waals surface area contributed by atoms with Crippen LogP contribution in [0.15, 0.2) is 48.8 Å². The highest BCUT2D eigenvalue weighted by Crippen LogP contribution is 2.47. The average Bonchev–Trinajstić information content (AvgIpc) is 3.25. The fraction of sp³-hybridized carbons (Fsp3) is 0.370. The summed E-state index contributed by atoms with van der Waals surface area (Å²) in [5.41, 5.74) is 2.56. The van der Waals surface area contributed by atoms with E-state index in [9.17, 15) is 23.1 Å². The molecule has 0 fully saturated rings. The van der Waals surface area contributed by atoms with Crippen LogP contribution in [0, 0.1) is 0 Å². The second-order valence-corrected chi connectivity index (χ2v) is 9.53. The summed E-state index contributed by atoms with van der Waals surface area (Å²) in [5.74, 6) is -0.216. The standard InChI is InChI=1S/C27H29F3N4O6/c1-25(31)15-40-23-18(25)12-21(34-22(23)16-5-7-32-8-6-16)26(14-36,27(28,29)30)13-33-24(37)17-3-4-19(39-10-9-35)20(11-17)38-2/h3-8,11-12,35-36H,9-10,13-15,31H2,1-2H3,(H,33,37). The minimum absolute atomic E-state index is 0.00969. The van der Waals surface area contributed by atoms with E-state index in [-0.39, 0.29) is 48.3 Å². The summed E-state index contributed by atoms with van der Waals surface area (Å²) in [5, 5.41) is 21.5. The molecule has 3 heterocycles. The highest BCUT2D eigenvalue weighted by Gasteiger charge is 2.58. The van der Waals surface area contributed by atoms with Gasteiger partial charge in [0.05, 0.1) is 31.6 Å². The number of halogens is 3. The number of amides is 1. The van der Waals surface area contributed by atoms with Crippen molar-refractivity contribution in [3.63, 3.8) is 0 Å². The van der Waals surface area contributed by atoms with Crippen LogP contribution in [0.25, 0.3) is 11.3 Å². The van der Waals surface area contributed by atoms with Crippen molar-refractivity contribution in [3.05, 3.63) is 65.6 Å². The third kappa shape index (κ3) is 5.40. The zero-order valence-corrected chi connectivity index (χ0v) is 21.8. The van der Waals surface area contributed by atoms with Gasteiger partial charge in [0.15, 0.2) is 17.2 Å². The summed E-state index contributed by atoms with van der Waals surface area (Å²) in [6.07, 6.45) is -2.11. The molecule has 13 heteroatoms. The van der Waals surface area contributed by atoms with Crippen LogP contribution in [-0.4, -0.2) is 72.3 Å². The number of carbonyl (C=O) groups is 1. The number of hydrogen-bond acceptors (Lipinski definition) is 9. The number of aliphatic hydroxyl groups is 2. The number of fused-ring (bicyclic) bond motifs is 1. The molecule has 0 aliphatic carbocycles. The third-order valence-corrected chi connectivity index (χ3v) is 6.69. The molecule has 40 heavy (non-hydrogen) atoms. The number of aromatic nitrogens is 2. The Labute approximate surface area is 227 Å². The van der Waals surface area contributed by atoms with Crippen molar-refractivity contribution in [2.24, 2.45) is 5.73 Å². The number of nitrogens with two attached hydrogens (primary N) is 1. The molecular formula is C27H29F3N4O6. The average molecular weight is 563 g/mol. The predicted molar refractivity (Wildman–Crippen MR) is 137 cm³/mol. The van der Waals surface area contributed by atoms with Gasteiger partial charge in [-0.05, 0) is 43.3 Å². The van der Waals surface area contributed by atoms with Crippen molar-refractivity contribution >= 4 is 5.91 Å². The van der Waals surface area contributed by atoms with Gasteiger partial charge in [-0.25, -0.2) is 4.98 Å². The van der Waals surface area contributed by atoms with Crippen LogP contribution >= 0.6 is 0 Å². The minimum atomic E-state index is -5.03. The minimum Gasteiger partial charge on any atom is -0.493 e. The molecule has 0 saturated carbocycles. The first-order valence-corrected chi connectivity index (χ1v) is 12.2. The largest absolute Gasteiger partial charge is 0.493 e. The van der Waals surface area contributed by atoms with Crippen molar-refractivity contribution in [3.8, 4) is 28.5 Å². The van der Waals surface area contributed by atoms with Gasteiger partial charge in [0.25, 0.3) is 5.91 Å². The molecule has 10 nitrogen and oxygen atoms in total. The lowest BCUT2D eigenvalue weighted by Gasteiger charge is -2.34. The van der Waals surface area contributed by atoms with Crippen molar-refractivity contribution in [2.45, 2.75) is 24.1 Å². The van der Waals surface area contributed by atoms with E-state index in [1.54, 1.807) is 19.1 Å². The predicted octanol–water partition coefficient (Wildman–Crippen LogP) is 2.31. The molecule has 0 spiro atoms. The molecule has 1 aliphatic rings. The molecule has 0 radical (unpaired) electrons. The molecule has 3 aromatic rings. The van der Waals surface area contributed by atoms with Crippen LogP contribution in [0.5, 0.6) is 17.2 Å². The first-order chi connectivity index (χ1) is 19.0. The number of aliphatic hydroxyl groups excluding tert-OH is 2. The highest BCUT2D eigenvalue weighted by molar-refractivity contribution is 5.95. The smallest absolute Gasteiger partial charge is 0.403 e. The van der Waals surface area contributed by atoms with E-state index in [0.717, 1.165) is 0 Å². The summed E-state index contributed by atoms with van der Waals surface area (Å²) in [7, 11) is 1.33. The molecule has 1 aromatic carbocycles. The van der Waals surface area contributed by atoms with Gasteiger partial charge in [-0.1, -0.05) is 0 Å². The van der Waals surface area contributed by atoms with E-state index < -0.39 is 41.9 Å². The van der Waals surface area contributed by atoms with Gasteiger partial charge < -0.3 is 35.5 Å². The number of carbonyl (C=O) groups excluding carboxylic acids is 1. The summed E-state index contributed by atoms with van der Waals surface area (Å²) in [6, 6.07) is 8.35. The quantitative estimate of drug-likeness (QED) is 0.292. The summed E-state index contributed by atoms with van der Waals surface area (Å²) < 4.78 is 60.7. The molecule has 0 bridgehead atoms. The summed E-state index contributed by atoms with van der Waals surface area (Å²) >= 11 is 0. The van der Waals surface area contributed by atoms with Crippen molar-refractivity contribution in [1.29, 1.82) is 0 Å². The number of hydrogen-bond donors (Lipinski definition) is 4. The van der Waals surface area contributed by atoms with Crippen LogP contribution in [0.2, 0.25) is 0 Å². The van der Waals surface area contributed by atoms with Crippen LogP contribution in [-0.2, 0) is 11.0 Å². The number of benzene rings is 1. The first-order valence-electron chi connectivity index (χ1n) is 12.2. The molecule has 1 aliphatic heterocycles. The van der Waals surface area contributed by atoms with Gasteiger partial charge in [-0.2, -0.15) is 13.2 Å². The summed E-state index contributed by atoms with van der Waals surface area (Å²) in [6.45, 7) is -1.06. The van der Waals surface area contributed by atoms with E-state index in [1.165, 1.54) is 43.8 Å². The van der Waals surface area contributed by atoms with Gasteiger partial charge in [-0.15, -0.1) is 0 Å². The van der Waals surface area contributed by atoms with E-state index in [2.05, 4.69) is 15.3 Å². The molecule has 2 unspecified atom stereocenters.